The van der Waals surface area contributed by atoms with Crippen LogP contribution < -0.4 is 10.2 Å². The smallest absolute Gasteiger partial charge is 0.224 e. The van der Waals surface area contributed by atoms with E-state index >= 15 is 0 Å². The quantitative estimate of drug-likeness (QED) is 0.784. The van der Waals surface area contributed by atoms with Crippen LogP contribution >= 0.6 is 11.3 Å². The monoisotopic (exact) mass is 354 g/mol. The summed E-state index contributed by atoms with van der Waals surface area (Å²) in [5.74, 6) is 0.0994. The first kappa shape index (κ1) is 16.1. The second-order valence-corrected chi connectivity index (χ2v) is 7.69. The Kier molecular flexibility index (Phi) is 4.44. The predicted octanol–water partition coefficient (Wildman–Crippen LogP) is 2.96. The van der Waals surface area contributed by atoms with Crippen LogP contribution in [0.2, 0.25) is 0 Å². The van der Waals surface area contributed by atoms with Crippen molar-refractivity contribution in [2.45, 2.75) is 25.3 Å². The molecule has 0 bridgehead atoms. The summed E-state index contributed by atoms with van der Waals surface area (Å²) in [7, 11) is 1.97. The lowest BCUT2D eigenvalue weighted by molar-refractivity contribution is -0.121. The van der Waals surface area contributed by atoms with Crippen molar-refractivity contribution in [3.8, 4) is 0 Å². The molecular weight excluding hydrogens is 332 g/mol. The summed E-state index contributed by atoms with van der Waals surface area (Å²) in [5.41, 5.74) is 2.11. The van der Waals surface area contributed by atoms with Crippen molar-refractivity contribution in [1.82, 2.24) is 14.9 Å². The summed E-state index contributed by atoms with van der Waals surface area (Å²) >= 11 is 1.73. The number of para-hydroxylation sites is 1. The van der Waals surface area contributed by atoms with Crippen LogP contribution in [0.25, 0.3) is 10.2 Å². The molecule has 0 spiro atoms. The molecule has 3 aromatic rings. The largest absolute Gasteiger partial charge is 0.357 e. The number of rotatable bonds is 4. The maximum atomic E-state index is 12.3. The number of carbonyl (C=O) groups excluding carboxylic acids is 1. The molecule has 130 valence electrons. The van der Waals surface area contributed by atoms with E-state index in [1.807, 2.05) is 42.2 Å². The molecule has 1 saturated heterocycles. The van der Waals surface area contributed by atoms with E-state index in [-0.39, 0.29) is 11.9 Å². The summed E-state index contributed by atoms with van der Waals surface area (Å²) < 4.78 is 3.19. The number of nitrogens with zero attached hydrogens (tertiary/aromatic N) is 3. The summed E-state index contributed by atoms with van der Waals surface area (Å²) in [6.07, 6.45) is 6.51. The minimum absolute atomic E-state index is 0.0994. The zero-order valence-electron chi connectivity index (χ0n) is 14.3. The predicted molar refractivity (Wildman–Crippen MR) is 102 cm³/mol. The van der Waals surface area contributed by atoms with E-state index in [4.69, 9.17) is 4.98 Å². The van der Waals surface area contributed by atoms with Crippen molar-refractivity contribution in [2.24, 2.45) is 7.05 Å². The molecule has 0 aliphatic carbocycles. The molecule has 0 radical (unpaired) electrons. The van der Waals surface area contributed by atoms with Crippen LogP contribution in [0.4, 0.5) is 5.13 Å². The zero-order chi connectivity index (χ0) is 17.2. The Hall–Kier alpha value is -2.34. The molecular formula is C19H22N4OS. The molecule has 4 rings (SSSR count). The summed E-state index contributed by atoms with van der Waals surface area (Å²) in [6, 6.07) is 10.4. The fourth-order valence-electron chi connectivity index (χ4n) is 3.39. The highest BCUT2D eigenvalue weighted by Crippen LogP contribution is 2.30. The Morgan fingerprint density at radius 2 is 2.24 bits per heavy atom. The van der Waals surface area contributed by atoms with E-state index in [2.05, 4.69) is 22.3 Å². The Labute approximate surface area is 151 Å². The number of amides is 1. The Balaban J connectivity index is 1.39. The topological polar surface area (TPSA) is 50.2 Å². The van der Waals surface area contributed by atoms with Crippen molar-refractivity contribution in [2.75, 3.05) is 18.0 Å². The highest BCUT2D eigenvalue weighted by Gasteiger charge is 2.23. The normalized spacial score (nSPS) is 17.8. The number of carbonyl (C=O) groups is 1. The van der Waals surface area contributed by atoms with Gasteiger partial charge < -0.3 is 14.8 Å². The van der Waals surface area contributed by atoms with Crippen molar-refractivity contribution < 1.29 is 4.79 Å². The molecule has 1 aromatic carbocycles. The molecule has 0 saturated carbocycles. The molecule has 1 amide bonds. The van der Waals surface area contributed by atoms with Gasteiger partial charge in [-0.1, -0.05) is 23.5 Å². The average Bonchev–Trinajstić information content (AvgIpc) is 3.21. The van der Waals surface area contributed by atoms with E-state index in [0.29, 0.717) is 6.42 Å². The van der Waals surface area contributed by atoms with Crippen LogP contribution in [0.5, 0.6) is 0 Å². The number of thiazole rings is 1. The van der Waals surface area contributed by atoms with E-state index in [1.165, 1.54) is 4.70 Å². The molecule has 5 nitrogen and oxygen atoms in total. The van der Waals surface area contributed by atoms with Crippen LogP contribution in [-0.4, -0.2) is 34.6 Å². The van der Waals surface area contributed by atoms with Crippen molar-refractivity contribution >= 4 is 32.6 Å². The lowest BCUT2D eigenvalue weighted by Gasteiger charge is -2.32. The van der Waals surface area contributed by atoms with Gasteiger partial charge in [-0.3, -0.25) is 4.79 Å². The first-order chi connectivity index (χ1) is 12.2. The van der Waals surface area contributed by atoms with E-state index in [1.54, 1.807) is 11.3 Å². The highest BCUT2D eigenvalue weighted by molar-refractivity contribution is 7.22. The molecule has 6 heteroatoms. The van der Waals surface area contributed by atoms with Crippen molar-refractivity contribution in [1.29, 1.82) is 0 Å². The Bertz CT molecular complexity index is 851. The second kappa shape index (κ2) is 6.88. The number of hydrogen-bond donors (Lipinski definition) is 1. The van der Waals surface area contributed by atoms with Gasteiger partial charge in [-0.25, -0.2) is 4.98 Å². The fourth-order valence-corrected chi connectivity index (χ4v) is 4.39. The molecule has 3 heterocycles. The number of fused-ring (bicyclic) bond motifs is 1. The third kappa shape index (κ3) is 3.69. The number of piperidine rings is 1. The number of nitrogens with one attached hydrogen (secondary N) is 1. The van der Waals surface area contributed by atoms with Crippen LogP contribution in [0, 0.1) is 0 Å². The van der Waals surface area contributed by atoms with Gasteiger partial charge in [0.15, 0.2) is 5.13 Å². The maximum Gasteiger partial charge on any atom is 0.224 e. The maximum absolute atomic E-state index is 12.3. The lowest BCUT2D eigenvalue weighted by atomic mass is 10.1. The van der Waals surface area contributed by atoms with Crippen LogP contribution in [0.3, 0.4) is 0 Å². The van der Waals surface area contributed by atoms with Crippen molar-refractivity contribution in [3.05, 3.63) is 48.3 Å². The van der Waals surface area contributed by atoms with Crippen molar-refractivity contribution in [3.63, 3.8) is 0 Å². The van der Waals surface area contributed by atoms with Gasteiger partial charge in [0.25, 0.3) is 0 Å². The Morgan fingerprint density at radius 3 is 3.04 bits per heavy atom. The molecule has 1 fully saturated rings. The van der Waals surface area contributed by atoms with Crippen LogP contribution in [0.15, 0.2) is 42.7 Å². The van der Waals surface area contributed by atoms with Gasteiger partial charge in [-0.05, 0) is 36.6 Å². The highest BCUT2D eigenvalue weighted by atomic mass is 32.1. The third-order valence-electron chi connectivity index (χ3n) is 4.60. The first-order valence-electron chi connectivity index (χ1n) is 8.68. The standard InChI is InChI=1S/C19H22N4OS/c1-22-10-8-14(12-22)11-18(24)20-15-5-4-9-23(13-15)19-21-16-6-2-3-7-17(16)25-19/h2-3,6-8,10,12,15H,4-5,9,11,13H2,1H3,(H,20,24). The van der Waals surface area contributed by atoms with Gasteiger partial charge in [0.1, 0.15) is 0 Å². The number of anilines is 1. The lowest BCUT2D eigenvalue weighted by Crippen LogP contribution is -2.48. The number of hydrogen-bond acceptors (Lipinski definition) is 4. The zero-order valence-corrected chi connectivity index (χ0v) is 15.1. The van der Waals surface area contributed by atoms with Gasteiger partial charge in [0, 0.05) is 38.6 Å². The van der Waals surface area contributed by atoms with Gasteiger partial charge in [0.2, 0.25) is 5.91 Å². The summed E-state index contributed by atoms with van der Waals surface area (Å²) in [6.45, 7) is 1.84. The molecule has 1 atom stereocenters. The first-order valence-corrected chi connectivity index (χ1v) is 9.50. The van der Waals surface area contributed by atoms with Gasteiger partial charge in [-0.15, -0.1) is 0 Å². The van der Waals surface area contributed by atoms with E-state index in [9.17, 15) is 4.79 Å². The third-order valence-corrected chi connectivity index (χ3v) is 5.69. The molecule has 1 aliphatic heterocycles. The SMILES string of the molecule is Cn1ccc(CC(=O)NC2CCCN(c3nc4ccccc4s3)C2)c1. The molecule has 2 aromatic heterocycles. The van der Waals surface area contributed by atoms with Gasteiger partial charge in [-0.2, -0.15) is 0 Å². The number of aromatic nitrogens is 2. The second-order valence-electron chi connectivity index (χ2n) is 6.68. The Morgan fingerprint density at radius 1 is 1.36 bits per heavy atom. The van der Waals surface area contributed by atoms with E-state index in [0.717, 1.165) is 42.1 Å². The molecule has 1 aliphatic rings. The molecule has 1 unspecified atom stereocenters. The minimum Gasteiger partial charge on any atom is -0.357 e. The van der Waals surface area contributed by atoms with Gasteiger partial charge in [0.05, 0.1) is 16.6 Å². The van der Waals surface area contributed by atoms with Crippen LogP contribution in [0.1, 0.15) is 18.4 Å². The number of benzene rings is 1. The summed E-state index contributed by atoms with van der Waals surface area (Å²) in [5, 5.41) is 4.26. The average molecular weight is 354 g/mol. The molecule has 1 N–H and O–H groups in total. The fraction of sp³-hybridized carbons (Fsp3) is 0.368. The molecule has 25 heavy (non-hydrogen) atoms. The minimum atomic E-state index is 0.0994. The van der Waals surface area contributed by atoms with Gasteiger partial charge >= 0.3 is 0 Å². The van der Waals surface area contributed by atoms with Crippen LogP contribution in [-0.2, 0) is 18.3 Å². The number of aryl methyl sites for hydroxylation is 1. The van der Waals surface area contributed by atoms with E-state index < -0.39 is 0 Å². The summed E-state index contributed by atoms with van der Waals surface area (Å²) in [4.78, 5) is 19.4.